The summed E-state index contributed by atoms with van der Waals surface area (Å²) < 4.78 is 5.12. The van der Waals surface area contributed by atoms with E-state index in [0.29, 0.717) is 29.1 Å². The number of rotatable bonds is 4. The molecule has 0 aliphatic rings. The molecule has 0 fully saturated rings. The van der Waals surface area contributed by atoms with Crippen LogP contribution in [0.15, 0.2) is 16.9 Å². The van der Waals surface area contributed by atoms with Gasteiger partial charge in [-0.25, -0.2) is 9.97 Å². The summed E-state index contributed by atoms with van der Waals surface area (Å²) in [6.45, 7) is 4.31. The van der Waals surface area contributed by atoms with Crippen LogP contribution in [-0.2, 0) is 6.42 Å². The van der Waals surface area contributed by atoms with Crippen molar-refractivity contribution in [2.75, 3.05) is 5.73 Å². The highest BCUT2D eigenvalue weighted by molar-refractivity contribution is 5.61. The van der Waals surface area contributed by atoms with Gasteiger partial charge in [0.1, 0.15) is 0 Å². The number of aryl methyl sites for hydroxylation is 1. The van der Waals surface area contributed by atoms with Gasteiger partial charge >= 0.3 is 0 Å². The van der Waals surface area contributed by atoms with E-state index < -0.39 is 0 Å². The first-order chi connectivity index (χ1) is 8.16. The maximum absolute atomic E-state index is 5.68. The smallest absolute Gasteiger partial charge is 0.280 e. The lowest BCUT2D eigenvalue weighted by molar-refractivity contribution is 0.418. The molecule has 0 atom stereocenters. The van der Waals surface area contributed by atoms with Crippen molar-refractivity contribution in [3.05, 3.63) is 18.2 Å². The van der Waals surface area contributed by atoms with Gasteiger partial charge in [0.15, 0.2) is 17.3 Å². The third-order valence-electron chi connectivity index (χ3n) is 2.34. The molecule has 0 amide bonds. The van der Waals surface area contributed by atoms with Gasteiger partial charge in [-0.15, -0.1) is 0 Å². The fourth-order valence-electron chi connectivity index (χ4n) is 1.38. The molecule has 0 radical (unpaired) electrons. The van der Waals surface area contributed by atoms with E-state index in [-0.39, 0.29) is 0 Å². The minimum absolute atomic E-state index is 0.298. The second-order valence-electron chi connectivity index (χ2n) is 4.24. The maximum Gasteiger partial charge on any atom is 0.280 e. The van der Waals surface area contributed by atoms with Crippen LogP contribution in [0.1, 0.15) is 26.1 Å². The van der Waals surface area contributed by atoms with Crippen molar-refractivity contribution in [2.45, 2.75) is 26.7 Å². The van der Waals surface area contributed by atoms with Crippen molar-refractivity contribution in [2.24, 2.45) is 5.92 Å². The summed E-state index contributed by atoms with van der Waals surface area (Å²) in [7, 11) is 0. The molecule has 2 rings (SSSR count). The first-order valence-electron chi connectivity index (χ1n) is 5.56. The number of hydrogen-bond acceptors (Lipinski definition) is 6. The standard InChI is InChI=1S/C11H15N5O/c1-7(2)3-4-8-15-11(17-16-8)9-10(12)14-6-5-13-9/h5-7H,3-4H2,1-2H3,(H2,12,14). The highest BCUT2D eigenvalue weighted by atomic mass is 16.5. The molecular weight excluding hydrogens is 218 g/mol. The highest BCUT2D eigenvalue weighted by Gasteiger charge is 2.13. The first kappa shape index (κ1) is 11.5. The average molecular weight is 233 g/mol. The van der Waals surface area contributed by atoms with Gasteiger partial charge in [-0.1, -0.05) is 19.0 Å². The highest BCUT2D eigenvalue weighted by Crippen LogP contribution is 2.19. The van der Waals surface area contributed by atoms with E-state index in [1.807, 2.05) is 0 Å². The predicted molar refractivity (Wildman–Crippen MR) is 62.9 cm³/mol. The summed E-state index contributed by atoms with van der Waals surface area (Å²) in [4.78, 5) is 12.3. The summed E-state index contributed by atoms with van der Waals surface area (Å²) >= 11 is 0. The van der Waals surface area contributed by atoms with E-state index in [1.165, 1.54) is 6.20 Å². The van der Waals surface area contributed by atoms with Crippen LogP contribution in [0.2, 0.25) is 0 Å². The number of nitrogen functional groups attached to an aromatic ring is 1. The molecule has 2 N–H and O–H groups in total. The van der Waals surface area contributed by atoms with E-state index in [9.17, 15) is 0 Å². The van der Waals surface area contributed by atoms with E-state index in [2.05, 4.69) is 34.0 Å². The molecule has 0 spiro atoms. The second kappa shape index (κ2) is 4.90. The molecule has 2 aromatic heterocycles. The quantitative estimate of drug-likeness (QED) is 0.864. The van der Waals surface area contributed by atoms with Crippen molar-refractivity contribution in [3.8, 4) is 11.6 Å². The fraction of sp³-hybridized carbons (Fsp3) is 0.455. The summed E-state index contributed by atoms with van der Waals surface area (Å²) in [5.41, 5.74) is 6.12. The van der Waals surface area contributed by atoms with Crippen LogP contribution in [0.4, 0.5) is 5.82 Å². The van der Waals surface area contributed by atoms with Crippen LogP contribution in [0.25, 0.3) is 11.6 Å². The molecule has 0 aliphatic heterocycles. The minimum atomic E-state index is 0.298. The topological polar surface area (TPSA) is 90.7 Å². The van der Waals surface area contributed by atoms with Crippen LogP contribution in [0.5, 0.6) is 0 Å². The van der Waals surface area contributed by atoms with Crippen LogP contribution in [-0.4, -0.2) is 20.1 Å². The molecule has 0 aliphatic carbocycles. The van der Waals surface area contributed by atoms with Crippen LogP contribution in [0, 0.1) is 5.92 Å². The van der Waals surface area contributed by atoms with Gasteiger partial charge in [-0.2, -0.15) is 4.98 Å². The molecule has 2 aromatic rings. The van der Waals surface area contributed by atoms with Gasteiger partial charge in [0, 0.05) is 18.8 Å². The molecule has 0 aromatic carbocycles. The van der Waals surface area contributed by atoms with Gasteiger partial charge < -0.3 is 10.3 Å². The Bertz CT molecular complexity index is 494. The Hall–Kier alpha value is -1.98. The Labute approximate surface area is 99.3 Å². The van der Waals surface area contributed by atoms with Crippen molar-refractivity contribution in [1.29, 1.82) is 0 Å². The molecule has 6 nitrogen and oxygen atoms in total. The fourth-order valence-corrected chi connectivity index (χ4v) is 1.38. The van der Waals surface area contributed by atoms with Crippen molar-refractivity contribution in [3.63, 3.8) is 0 Å². The second-order valence-corrected chi connectivity index (χ2v) is 4.24. The van der Waals surface area contributed by atoms with Gasteiger partial charge in [-0.3, -0.25) is 0 Å². The molecule has 6 heteroatoms. The minimum Gasteiger partial charge on any atom is -0.382 e. The summed E-state index contributed by atoms with van der Waals surface area (Å²) in [5.74, 6) is 1.92. The Morgan fingerprint density at radius 2 is 2.06 bits per heavy atom. The van der Waals surface area contributed by atoms with E-state index in [1.54, 1.807) is 6.20 Å². The zero-order chi connectivity index (χ0) is 12.3. The zero-order valence-electron chi connectivity index (χ0n) is 9.92. The Morgan fingerprint density at radius 3 is 2.76 bits per heavy atom. The van der Waals surface area contributed by atoms with Crippen LogP contribution < -0.4 is 5.73 Å². The molecule has 2 heterocycles. The molecule has 0 saturated heterocycles. The summed E-state index contributed by atoms with van der Waals surface area (Å²) in [5, 5.41) is 3.90. The van der Waals surface area contributed by atoms with Crippen molar-refractivity contribution < 1.29 is 4.52 Å². The van der Waals surface area contributed by atoms with Crippen LogP contribution >= 0.6 is 0 Å². The Morgan fingerprint density at radius 1 is 1.29 bits per heavy atom. The van der Waals surface area contributed by atoms with E-state index in [4.69, 9.17) is 10.3 Å². The van der Waals surface area contributed by atoms with Gasteiger partial charge in [-0.05, 0) is 12.3 Å². The largest absolute Gasteiger partial charge is 0.382 e. The molecule has 0 saturated carbocycles. The number of aromatic nitrogens is 4. The zero-order valence-corrected chi connectivity index (χ0v) is 9.92. The lowest BCUT2D eigenvalue weighted by atomic mass is 10.1. The van der Waals surface area contributed by atoms with Crippen molar-refractivity contribution in [1.82, 2.24) is 20.1 Å². The van der Waals surface area contributed by atoms with Crippen molar-refractivity contribution >= 4 is 5.82 Å². The third-order valence-corrected chi connectivity index (χ3v) is 2.34. The number of anilines is 1. The first-order valence-corrected chi connectivity index (χ1v) is 5.56. The third kappa shape index (κ3) is 2.77. The monoisotopic (exact) mass is 233 g/mol. The lowest BCUT2D eigenvalue weighted by Crippen LogP contribution is -1.97. The van der Waals surface area contributed by atoms with E-state index >= 15 is 0 Å². The van der Waals surface area contributed by atoms with Gasteiger partial charge in [0.25, 0.3) is 5.89 Å². The van der Waals surface area contributed by atoms with E-state index in [0.717, 1.165) is 12.8 Å². The number of hydrogen-bond donors (Lipinski definition) is 1. The van der Waals surface area contributed by atoms with Crippen LogP contribution in [0.3, 0.4) is 0 Å². The molecular formula is C11H15N5O. The molecule has 17 heavy (non-hydrogen) atoms. The summed E-state index contributed by atoms with van der Waals surface area (Å²) in [6.07, 6.45) is 4.88. The summed E-state index contributed by atoms with van der Waals surface area (Å²) in [6, 6.07) is 0. The lowest BCUT2D eigenvalue weighted by Gasteiger charge is -1.98. The Balaban J connectivity index is 2.16. The molecule has 0 bridgehead atoms. The van der Waals surface area contributed by atoms with Gasteiger partial charge in [0.2, 0.25) is 0 Å². The normalized spacial score (nSPS) is 11.0. The predicted octanol–water partition coefficient (Wildman–Crippen LogP) is 1.70. The average Bonchev–Trinajstić information content (AvgIpc) is 2.75. The maximum atomic E-state index is 5.68. The molecule has 0 unspecified atom stereocenters. The number of nitrogens with zero attached hydrogens (tertiary/aromatic N) is 4. The molecule has 90 valence electrons. The van der Waals surface area contributed by atoms with Gasteiger partial charge in [0.05, 0.1) is 0 Å². The number of nitrogens with two attached hydrogens (primary N) is 1. The SMILES string of the molecule is CC(C)CCc1noc(-c2nccnc2N)n1. The Kier molecular flexibility index (Phi) is 3.32.